The minimum atomic E-state index is -0.432. The molecule has 0 fully saturated rings. The number of aromatic nitrogens is 2. The predicted octanol–water partition coefficient (Wildman–Crippen LogP) is 2.54. The van der Waals surface area contributed by atoms with E-state index >= 15 is 0 Å². The first kappa shape index (κ1) is 19.4. The van der Waals surface area contributed by atoms with Gasteiger partial charge in [0.1, 0.15) is 17.8 Å². The fourth-order valence-corrected chi connectivity index (χ4v) is 2.92. The van der Waals surface area contributed by atoms with Gasteiger partial charge < -0.3 is 19.4 Å². The molecule has 0 spiro atoms. The number of rotatable bonds is 7. The fraction of sp³-hybridized carbons (Fsp3) is 0.286. The van der Waals surface area contributed by atoms with Crippen LogP contribution in [0.25, 0.3) is 11.0 Å². The molecule has 7 nitrogen and oxygen atoms in total. The third-order valence-electron chi connectivity index (χ3n) is 4.36. The molecule has 0 bridgehead atoms. The molecule has 1 aromatic carbocycles. The molecule has 0 saturated carbocycles. The summed E-state index contributed by atoms with van der Waals surface area (Å²) in [7, 11) is 1.57. The van der Waals surface area contributed by atoms with Gasteiger partial charge in [-0.05, 0) is 38.1 Å². The van der Waals surface area contributed by atoms with Crippen molar-refractivity contribution in [1.29, 1.82) is 0 Å². The third kappa shape index (κ3) is 3.98. The first-order valence-electron chi connectivity index (χ1n) is 9.10. The molecule has 1 N–H and O–H groups in total. The molecule has 28 heavy (non-hydrogen) atoms. The number of hydrogen-bond donors (Lipinski definition) is 1. The summed E-state index contributed by atoms with van der Waals surface area (Å²) in [5.41, 5.74) is 1.18. The van der Waals surface area contributed by atoms with E-state index in [9.17, 15) is 9.59 Å². The van der Waals surface area contributed by atoms with Crippen molar-refractivity contribution in [2.75, 3.05) is 20.3 Å². The first-order valence-corrected chi connectivity index (χ1v) is 9.10. The molecule has 2 heterocycles. The molecular weight excluding hydrogens is 358 g/mol. The van der Waals surface area contributed by atoms with Gasteiger partial charge >= 0.3 is 0 Å². The van der Waals surface area contributed by atoms with Crippen LogP contribution in [0.15, 0.2) is 47.4 Å². The van der Waals surface area contributed by atoms with E-state index in [0.717, 1.165) is 5.69 Å². The van der Waals surface area contributed by atoms with E-state index in [1.165, 1.54) is 0 Å². The lowest BCUT2D eigenvalue weighted by Crippen LogP contribution is -2.32. The second-order valence-electron chi connectivity index (χ2n) is 6.24. The Kier molecular flexibility index (Phi) is 5.93. The maximum atomic E-state index is 12.7. The number of benzene rings is 1. The molecule has 0 aliphatic heterocycles. The summed E-state index contributed by atoms with van der Waals surface area (Å²) in [5.74, 6) is 0.787. The number of nitrogens with one attached hydrogen (secondary N) is 1. The normalized spacial score (nSPS) is 10.7. The topological polar surface area (TPSA) is 82.5 Å². The molecule has 0 aliphatic rings. The van der Waals surface area contributed by atoms with E-state index in [2.05, 4.69) is 10.3 Å². The summed E-state index contributed by atoms with van der Waals surface area (Å²) in [6.45, 7) is 4.92. The zero-order valence-corrected chi connectivity index (χ0v) is 16.2. The highest BCUT2D eigenvalue weighted by Gasteiger charge is 2.15. The molecule has 0 aliphatic carbocycles. The van der Waals surface area contributed by atoms with E-state index in [0.29, 0.717) is 29.1 Å². The molecule has 0 saturated heterocycles. The van der Waals surface area contributed by atoms with Crippen molar-refractivity contribution in [3.05, 3.63) is 64.1 Å². The molecule has 0 radical (unpaired) electrons. The van der Waals surface area contributed by atoms with Gasteiger partial charge in [-0.1, -0.05) is 12.1 Å². The van der Waals surface area contributed by atoms with Gasteiger partial charge in [-0.2, -0.15) is 0 Å². The number of carbonyl (C=O) groups is 1. The maximum Gasteiger partial charge on any atom is 0.256 e. The summed E-state index contributed by atoms with van der Waals surface area (Å²) in [6.07, 6.45) is 1.56. The average molecular weight is 381 g/mol. The van der Waals surface area contributed by atoms with E-state index in [4.69, 9.17) is 9.47 Å². The quantitative estimate of drug-likeness (QED) is 0.636. The van der Waals surface area contributed by atoms with Crippen molar-refractivity contribution in [3.8, 4) is 11.5 Å². The Hall–Kier alpha value is -3.35. The molecule has 1 amide bonds. The monoisotopic (exact) mass is 381 g/mol. The lowest BCUT2D eigenvalue weighted by atomic mass is 10.1. The minimum Gasteiger partial charge on any atom is -0.493 e. The first-order chi connectivity index (χ1) is 13.5. The molecule has 0 atom stereocenters. The van der Waals surface area contributed by atoms with E-state index in [1.54, 1.807) is 37.6 Å². The van der Waals surface area contributed by atoms with Crippen LogP contribution in [-0.4, -0.2) is 35.7 Å². The van der Waals surface area contributed by atoms with Gasteiger partial charge in [0.05, 0.1) is 19.0 Å². The van der Waals surface area contributed by atoms with E-state index in [1.807, 2.05) is 30.5 Å². The molecule has 2 aromatic heterocycles. The van der Waals surface area contributed by atoms with E-state index in [-0.39, 0.29) is 24.1 Å². The van der Waals surface area contributed by atoms with Crippen LogP contribution in [0.2, 0.25) is 0 Å². The predicted molar refractivity (Wildman–Crippen MR) is 107 cm³/mol. The third-order valence-corrected chi connectivity index (χ3v) is 4.36. The highest BCUT2D eigenvalue weighted by Crippen LogP contribution is 2.25. The zero-order valence-electron chi connectivity index (χ0n) is 16.2. The van der Waals surface area contributed by atoms with E-state index < -0.39 is 5.91 Å². The van der Waals surface area contributed by atoms with Crippen LogP contribution in [0, 0.1) is 6.92 Å². The van der Waals surface area contributed by atoms with Crippen molar-refractivity contribution < 1.29 is 14.3 Å². The molecule has 3 rings (SSSR count). The lowest BCUT2D eigenvalue weighted by Gasteiger charge is -2.12. The number of aryl methyl sites for hydroxylation is 2. The number of amides is 1. The number of pyridine rings is 2. The number of carbonyl (C=O) groups excluding carboxylic acids is 1. The van der Waals surface area contributed by atoms with Crippen molar-refractivity contribution in [2.24, 2.45) is 0 Å². The summed E-state index contributed by atoms with van der Waals surface area (Å²) >= 11 is 0. The van der Waals surface area contributed by atoms with Gasteiger partial charge in [-0.3, -0.25) is 9.59 Å². The zero-order chi connectivity index (χ0) is 20.1. The standard InChI is InChI=1S/C21H23N3O4/c1-4-24-13-16(19(25)15-10-9-14(2)23-20(15)24)21(26)22-11-12-28-18-8-6-5-7-17(18)27-3/h5-10,13H,4,11-12H2,1-3H3,(H,22,26). The number of nitrogens with zero attached hydrogens (tertiary/aromatic N) is 2. The van der Waals surface area contributed by atoms with Gasteiger partial charge in [0, 0.05) is 18.4 Å². The molecule has 0 unspecified atom stereocenters. The fourth-order valence-electron chi connectivity index (χ4n) is 2.92. The Morgan fingerprint density at radius 3 is 2.64 bits per heavy atom. The summed E-state index contributed by atoms with van der Waals surface area (Å²) in [5, 5.41) is 3.17. The molecule has 146 valence electrons. The van der Waals surface area contributed by atoms with Crippen LogP contribution in [0.1, 0.15) is 23.0 Å². The van der Waals surface area contributed by atoms with Crippen molar-refractivity contribution in [3.63, 3.8) is 0 Å². The Morgan fingerprint density at radius 1 is 1.18 bits per heavy atom. The largest absolute Gasteiger partial charge is 0.493 e. The minimum absolute atomic E-state index is 0.0947. The van der Waals surface area contributed by atoms with Gasteiger partial charge in [0.25, 0.3) is 5.91 Å². The number of hydrogen-bond acceptors (Lipinski definition) is 5. The van der Waals surface area contributed by atoms with Gasteiger partial charge in [-0.15, -0.1) is 0 Å². The Morgan fingerprint density at radius 2 is 1.93 bits per heavy atom. The highest BCUT2D eigenvalue weighted by atomic mass is 16.5. The van der Waals surface area contributed by atoms with Crippen molar-refractivity contribution in [1.82, 2.24) is 14.9 Å². The smallest absolute Gasteiger partial charge is 0.256 e. The van der Waals surface area contributed by atoms with Gasteiger partial charge in [0.2, 0.25) is 5.43 Å². The van der Waals surface area contributed by atoms with Crippen LogP contribution in [-0.2, 0) is 6.54 Å². The second-order valence-corrected chi connectivity index (χ2v) is 6.24. The maximum absolute atomic E-state index is 12.7. The van der Waals surface area contributed by atoms with Gasteiger partial charge in [-0.25, -0.2) is 4.98 Å². The summed E-state index contributed by atoms with van der Waals surface area (Å²) in [6, 6.07) is 10.8. The molecule has 7 heteroatoms. The number of fused-ring (bicyclic) bond motifs is 1. The number of ether oxygens (including phenoxy) is 2. The Balaban J connectivity index is 1.72. The van der Waals surface area contributed by atoms with Crippen molar-refractivity contribution >= 4 is 16.9 Å². The average Bonchev–Trinajstić information content (AvgIpc) is 2.71. The summed E-state index contributed by atoms with van der Waals surface area (Å²) < 4.78 is 12.7. The van der Waals surface area contributed by atoms with Crippen LogP contribution >= 0.6 is 0 Å². The SMILES string of the molecule is CCn1cc(C(=O)NCCOc2ccccc2OC)c(=O)c2ccc(C)nc21. The summed E-state index contributed by atoms with van der Waals surface area (Å²) in [4.78, 5) is 29.7. The van der Waals surface area contributed by atoms with Crippen LogP contribution in [0.3, 0.4) is 0 Å². The lowest BCUT2D eigenvalue weighted by molar-refractivity contribution is 0.0945. The molecule has 3 aromatic rings. The van der Waals surface area contributed by atoms with Crippen LogP contribution < -0.4 is 20.2 Å². The highest BCUT2D eigenvalue weighted by molar-refractivity contribution is 5.96. The van der Waals surface area contributed by atoms with Crippen LogP contribution in [0.5, 0.6) is 11.5 Å². The number of para-hydroxylation sites is 2. The Labute approximate surface area is 162 Å². The Bertz CT molecular complexity index is 1060. The second kappa shape index (κ2) is 8.56. The van der Waals surface area contributed by atoms with Crippen molar-refractivity contribution in [2.45, 2.75) is 20.4 Å². The van der Waals surface area contributed by atoms with Gasteiger partial charge in [0.15, 0.2) is 11.5 Å². The van der Waals surface area contributed by atoms with Crippen LogP contribution in [0.4, 0.5) is 0 Å². The molecular formula is C21H23N3O4. The number of methoxy groups -OCH3 is 1.